The summed E-state index contributed by atoms with van der Waals surface area (Å²) in [6.07, 6.45) is 2.45. The Morgan fingerprint density at radius 1 is 0.895 bits per heavy atom. The second-order valence-electron chi connectivity index (χ2n) is 8.60. The van der Waals surface area contributed by atoms with Crippen LogP contribution in [0, 0.1) is 11.6 Å². The van der Waals surface area contributed by atoms with Gasteiger partial charge in [0.2, 0.25) is 0 Å². The number of carbonyl (C=O) groups is 1. The van der Waals surface area contributed by atoms with Crippen LogP contribution in [0.4, 0.5) is 8.78 Å². The molecule has 0 aliphatic heterocycles. The molecule has 0 saturated heterocycles. The van der Waals surface area contributed by atoms with Crippen LogP contribution in [-0.4, -0.2) is 30.2 Å². The van der Waals surface area contributed by atoms with Crippen LogP contribution in [0.15, 0.2) is 88.5 Å². The summed E-state index contributed by atoms with van der Waals surface area (Å²) in [6.45, 7) is -0.224. The highest BCUT2D eigenvalue weighted by Crippen LogP contribution is 2.20. The summed E-state index contributed by atoms with van der Waals surface area (Å²) < 4.78 is 29.9. The third kappa shape index (κ3) is 5.05. The van der Waals surface area contributed by atoms with Crippen LogP contribution in [0.5, 0.6) is 0 Å². The molecular formula is C28H20F2N4O4. The fraction of sp³-hybridized carbons (Fsp3) is 0.0714. The number of fused-ring (bicyclic) bond motifs is 1. The molecule has 3 aromatic carbocycles. The largest absolute Gasteiger partial charge is 0.478 e. The van der Waals surface area contributed by atoms with Crippen LogP contribution >= 0.6 is 0 Å². The fourth-order valence-corrected chi connectivity index (χ4v) is 4.14. The minimum Gasteiger partial charge on any atom is -0.478 e. The Labute approximate surface area is 213 Å². The van der Waals surface area contributed by atoms with Crippen LogP contribution in [0.2, 0.25) is 0 Å². The Morgan fingerprint density at radius 2 is 1.50 bits per heavy atom. The van der Waals surface area contributed by atoms with Crippen molar-refractivity contribution in [2.75, 3.05) is 0 Å². The van der Waals surface area contributed by atoms with Crippen LogP contribution in [0.25, 0.3) is 28.6 Å². The maximum atomic E-state index is 13.9. The molecule has 0 spiro atoms. The molecule has 10 heteroatoms. The van der Waals surface area contributed by atoms with E-state index < -0.39 is 28.9 Å². The van der Waals surface area contributed by atoms with E-state index in [1.54, 1.807) is 36.4 Å². The maximum Gasteiger partial charge on any atom is 0.333 e. The second kappa shape index (κ2) is 10.1. The van der Waals surface area contributed by atoms with Crippen molar-refractivity contribution in [3.8, 4) is 11.4 Å². The van der Waals surface area contributed by atoms with Gasteiger partial charge in [0.1, 0.15) is 23.1 Å². The van der Waals surface area contributed by atoms with Gasteiger partial charge in [-0.2, -0.15) is 0 Å². The molecule has 0 radical (unpaired) electrons. The maximum absolute atomic E-state index is 13.9. The first kappa shape index (κ1) is 24.6. The standard InChI is InChI=1S/C28H20F2N4O4/c29-21-5-1-3-18(13-21)15-33-26-24(27(37)34(28(33)38)16-19-4-2-6-22(30)14-19)31-25(32-26)20-10-7-17(8-11-20)9-12-23(35)36/h1-14H,15-16H2,(H,31,32)(H,35,36)/b12-9+. The molecule has 0 aliphatic rings. The smallest absolute Gasteiger partial charge is 0.333 e. The van der Waals surface area contributed by atoms with Gasteiger partial charge in [-0.05, 0) is 47.0 Å². The number of hydrogen-bond donors (Lipinski definition) is 2. The molecule has 2 N–H and O–H groups in total. The summed E-state index contributed by atoms with van der Waals surface area (Å²) in [4.78, 5) is 45.2. The monoisotopic (exact) mass is 514 g/mol. The van der Waals surface area contributed by atoms with E-state index in [9.17, 15) is 23.2 Å². The number of halogens is 2. The zero-order chi connectivity index (χ0) is 26.8. The number of aromatic amines is 1. The number of rotatable bonds is 7. The Balaban J connectivity index is 1.65. The van der Waals surface area contributed by atoms with E-state index in [0.717, 1.165) is 10.6 Å². The summed E-state index contributed by atoms with van der Waals surface area (Å²) in [6, 6.07) is 18.1. The van der Waals surface area contributed by atoms with Crippen LogP contribution in [-0.2, 0) is 17.9 Å². The lowest BCUT2D eigenvalue weighted by Crippen LogP contribution is -2.40. The van der Waals surface area contributed by atoms with Crippen LogP contribution in [0.3, 0.4) is 0 Å². The van der Waals surface area contributed by atoms with E-state index >= 15 is 0 Å². The Bertz CT molecular complexity index is 1820. The molecule has 38 heavy (non-hydrogen) atoms. The van der Waals surface area contributed by atoms with Crippen molar-refractivity contribution in [1.29, 1.82) is 0 Å². The lowest BCUT2D eigenvalue weighted by atomic mass is 10.1. The molecule has 5 aromatic rings. The predicted molar refractivity (Wildman–Crippen MR) is 138 cm³/mol. The third-order valence-electron chi connectivity index (χ3n) is 5.93. The SMILES string of the molecule is O=C(O)/C=C/c1ccc(-c2nc3c(=O)n(Cc4cccc(F)c4)c(=O)n(Cc4cccc(F)c4)c3[nH]2)cc1. The van der Waals surface area contributed by atoms with Gasteiger partial charge in [-0.1, -0.05) is 48.5 Å². The van der Waals surface area contributed by atoms with Crippen LogP contribution < -0.4 is 11.2 Å². The van der Waals surface area contributed by atoms with Crippen molar-refractivity contribution in [2.24, 2.45) is 0 Å². The number of carboxylic acids is 1. The van der Waals surface area contributed by atoms with Crippen LogP contribution in [0.1, 0.15) is 16.7 Å². The Morgan fingerprint density at radius 3 is 2.08 bits per heavy atom. The van der Waals surface area contributed by atoms with Crippen molar-refractivity contribution in [2.45, 2.75) is 13.1 Å². The number of imidazole rings is 1. The van der Waals surface area contributed by atoms with E-state index in [1.165, 1.54) is 47.0 Å². The predicted octanol–water partition coefficient (Wildman–Crippen LogP) is 4.03. The molecule has 5 rings (SSSR count). The number of nitrogens with zero attached hydrogens (tertiary/aromatic N) is 3. The fourth-order valence-electron chi connectivity index (χ4n) is 4.14. The highest BCUT2D eigenvalue weighted by Gasteiger charge is 2.19. The molecule has 190 valence electrons. The summed E-state index contributed by atoms with van der Waals surface area (Å²) in [5.41, 5.74) is 0.972. The Hall–Kier alpha value is -5.12. The van der Waals surface area contributed by atoms with Gasteiger partial charge in [0.15, 0.2) is 5.52 Å². The zero-order valence-electron chi connectivity index (χ0n) is 19.8. The number of hydrogen-bond acceptors (Lipinski definition) is 4. The van der Waals surface area contributed by atoms with Crippen molar-refractivity contribution in [1.82, 2.24) is 19.1 Å². The number of aliphatic carboxylic acids is 1. The molecule has 0 saturated carbocycles. The normalized spacial score (nSPS) is 11.4. The van der Waals surface area contributed by atoms with Gasteiger partial charge in [0.25, 0.3) is 5.56 Å². The minimum atomic E-state index is -1.07. The van der Waals surface area contributed by atoms with Gasteiger partial charge in [-0.3, -0.25) is 13.9 Å². The summed E-state index contributed by atoms with van der Waals surface area (Å²) in [5.74, 6) is -1.73. The average molecular weight is 514 g/mol. The Kier molecular flexibility index (Phi) is 6.53. The number of nitrogens with one attached hydrogen (secondary N) is 1. The molecular weight excluding hydrogens is 494 g/mol. The zero-order valence-corrected chi connectivity index (χ0v) is 19.8. The van der Waals surface area contributed by atoms with Gasteiger partial charge in [0, 0.05) is 11.6 Å². The lowest BCUT2D eigenvalue weighted by Gasteiger charge is -2.12. The van der Waals surface area contributed by atoms with E-state index in [-0.39, 0.29) is 24.3 Å². The van der Waals surface area contributed by atoms with Gasteiger partial charge >= 0.3 is 11.7 Å². The summed E-state index contributed by atoms with van der Waals surface area (Å²) in [5, 5.41) is 8.81. The number of carboxylic acid groups (broad SMARTS) is 1. The van der Waals surface area contributed by atoms with Gasteiger partial charge in [-0.25, -0.2) is 23.4 Å². The molecule has 0 aliphatic carbocycles. The van der Waals surface area contributed by atoms with Crippen molar-refractivity contribution in [3.05, 3.63) is 128 Å². The quantitative estimate of drug-likeness (QED) is 0.319. The third-order valence-corrected chi connectivity index (χ3v) is 5.93. The molecule has 0 atom stereocenters. The molecule has 2 aromatic heterocycles. The van der Waals surface area contributed by atoms with E-state index in [1.807, 2.05) is 0 Å². The second-order valence-corrected chi connectivity index (χ2v) is 8.60. The first-order chi connectivity index (χ1) is 18.3. The molecule has 8 nitrogen and oxygen atoms in total. The van der Waals surface area contributed by atoms with Crippen molar-refractivity contribution in [3.63, 3.8) is 0 Å². The van der Waals surface area contributed by atoms with Crippen molar-refractivity contribution < 1.29 is 18.7 Å². The minimum absolute atomic E-state index is 0.0118. The first-order valence-electron chi connectivity index (χ1n) is 11.5. The first-order valence-corrected chi connectivity index (χ1v) is 11.5. The molecule has 2 heterocycles. The number of H-pyrrole nitrogens is 1. The summed E-state index contributed by atoms with van der Waals surface area (Å²) in [7, 11) is 0. The van der Waals surface area contributed by atoms with E-state index in [4.69, 9.17) is 5.11 Å². The van der Waals surface area contributed by atoms with Gasteiger partial charge in [-0.15, -0.1) is 0 Å². The molecule has 0 fully saturated rings. The summed E-state index contributed by atoms with van der Waals surface area (Å²) >= 11 is 0. The highest BCUT2D eigenvalue weighted by atomic mass is 19.1. The van der Waals surface area contributed by atoms with Crippen molar-refractivity contribution >= 4 is 23.2 Å². The molecule has 0 amide bonds. The van der Waals surface area contributed by atoms with E-state index in [2.05, 4.69) is 9.97 Å². The van der Waals surface area contributed by atoms with Gasteiger partial charge in [0.05, 0.1) is 13.1 Å². The molecule has 0 bridgehead atoms. The lowest BCUT2D eigenvalue weighted by molar-refractivity contribution is -0.131. The molecule has 0 unspecified atom stereocenters. The number of benzene rings is 3. The van der Waals surface area contributed by atoms with E-state index in [0.29, 0.717) is 28.1 Å². The van der Waals surface area contributed by atoms with Gasteiger partial charge < -0.3 is 10.1 Å². The highest BCUT2D eigenvalue weighted by molar-refractivity contribution is 5.85. The number of aromatic nitrogens is 4. The topological polar surface area (TPSA) is 110 Å². The average Bonchev–Trinajstić information content (AvgIpc) is 3.34.